The molecular weight excluding hydrogens is 420 g/mol. The molecule has 0 saturated heterocycles. The summed E-state index contributed by atoms with van der Waals surface area (Å²) in [5, 5.41) is 1.64. The van der Waals surface area contributed by atoms with Gasteiger partial charge in [0.2, 0.25) is 10.9 Å². The van der Waals surface area contributed by atoms with E-state index in [1.54, 1.807) is 7.11 Å². The Morgan fingerprint density at radius 3 is 2.28 bits per heavy atom. The third-order valence-corrected chi connectivity index (χ3v) is 6.18. The molecular formula is C26H20N2O3S. The second-order valence-corrected chi connectivity index (χ2v) is 8.24. The van der Waals surface area contributed by atoms with Crippen molar-refractivity contribution >= 4 is 45.0 Å². The van der Waals surface area contributed by atoms with E-state index in [1.165, 1.54) is 3.97 Å². The Labute approximate surface area is 187 Å². The zero-order chi connectivity index (χ0) is 22.1. The number of fused-ring (bicyclic) bond motifs is 3. The largest absolute Gasteiger partial charge is 0.497 e. The minimum absolute atomic E-state index is 0.429. The van der Waals surface area contributed by atoms with Gasteiger partial charge in [0.15, 0.2) is 5.65 Å². The molecule has 0 saturated carbocycles. The second kappa shape index (κ2) is 8.32. The van der Waals surface area contributed by atoms with E-state index in [-0.39, 0.29) is 0 Å². The van der Waals surface area contributed by atoms with Gasteiger partial charge in [-0.25, -0.2) is 17.4 Å². The van der Waals surface area contributed by atoms with E-state index in [0.29, 0.717) is 16.9 Å². The molecule has 0 fully saturated rings. The van der Waals surface area contributed by atoms with Gasteiger partial charge in [-0.3, -0.25) is 0 Å². The van der Waals surface area contributed by atoms with E-state index in [4.69, 9.17) is 4.74 Å². The molecule has 0 atom stereocenters. The minimum atomic E-state index is -2.88. The smallest absolute Gasteiger partial charge is 0.230 e. The first-order chi connectivity index (χ1) is 15.6. The highest BCUT2D eigenvalue weighted by molar-refractivity contribution is 7.71. The van der Waals surface area contributed by atoms with Gasteiger partial charge in [0.05, 0.1) is 18.3 Å². The van der Waals surface area contributed by atoms with Crippen LogP contribution in [0, 0.1) is 0 Å². The molecule has 0 radical (unpaired) electrons. The van der Waals surface area contributed by atoms with Crippen LogP contribution in [0.2, 0.25) is 0 Å². The molecule has 0 spiro atoms. The Morgan fingerprint density at radius 2 is 1.56 bits per heavy atom. The van der Waals surface area contributed by atoms with Crippen LogP contribution in [-0.2, 0) is 10.9 Å². The molecule has 5 nitrogen and oxygen atoms in total. The molecule has 0 aliphatic heterocycles. The lowest BCUT2D eigenvalue weighted by atomic mass is 10.0. The number of hydrogen-bond donors (Lipinski definition) is 1. The van der Waals surface area contributed by atoms with Gasteiger partial charge in [0, 0.05) is 10.8 Å². The SMILES string of the molecule is COc1ccc(-c2ccc3c(c2)c2ccc(/C=C/c4ccccc4)nc2n3[SH](=O)=O)cc1. The summed E-state index contributed by atoms with van der Waals surface area (Å²) in [5.74, 6) is 0.787. The quantitative estimate of drug-likeness (QED) is 0.371. The van der Waals surface area contributed by atoms with E-state index >= 15 is 0 Å². The molecule has 5 aromatic rings. The Hall–Kier alpha value is -3.90. The zero-order valence-corrected chi connectivity index (χ0v) is 18.2. The van der Waals surface area contributed by atoms with Gasteiger partial charge in [-0.15, -0.1) is 0 Å². The third kappa shape index (κ3) is 3.65. The Balaban J connectivity index is 1.64. The number of rotatable bonds is 5. The van der Waals surface area contributed by atoms with Crippen molar-refractivity contribution in [1.82, 2.24) is 8.96 Å². The number of methoxy groups -OCH3 is 1. The Kier molecular flexibility index (Phi) is 5.21. The first-order valence-corrected chi connectivity index (χ1v) is 11.2. The van der Waals surface area contributed by atoms with Crippen LogP contribution in [-0.4, -0.2) is 24.5 Å². The highest BCUT2D eigenvalue weighted by Crippen LogP contribution is 2.32. The second-order valence-electron chi connectivity index (χ2n) is 7.36. The molecule has 6 heteroatoms. The monoisotopic (exact) mass is 440 g/mol. The van der Waals surface area contributed by atoms with E-state index < -0.39 is 10.9 Å². The number of nitrogens with zero attached hydrogens (tertiary/aromatic N) is 2. The molecule has 0 N–H and O–H groups in total. The maximum Gasteiger partial charge on any atom is 0.230 e. The molecule has 0 bridgehead atoms. The van der Waals surface area contributed by atoms with E-state index in [9.17, 15) is 8.42 Å². The van der Waals surface area contributed by atoms with Crippen molar-refractivity contribution in [3.63, 3.8) is 0 Å². The van der Waals surface area contributed by atoms with Gasteiger partial charge in [-0.05, 0) is 59.2 Å². The zero-order valence-electron chi connectivity index (χ0n) is 17.3. The van der Waals surface area contributed by atoms with E-state index in [1.807, 2.05) is 97.1 Å². The molecule has 3 aromatic carbocycles. The Morgan fingerprint density at radius 1 is 0.812 bits per heavy atom. The van der Waals surface area contributed by atoms with Gasteiger partial charge < -0.3 is 4.74 Å². The number of aromatic nitrogens is 2. The minimum Gasteiger partial charge on any atom is -0.497 e. The summed E-state index contributed by atoms with van der Waals surface area (Å²) in [7, 11) is -1.25. The van der Waals surface area contributed by atoms with Crippen LogP contribution in [0.1, 0.15) is 11.3 Å². The molecule has 2 heterocycles. The van der Waals surface area contributed by atoms with Crippen molar-refractivity contribution in [3.05, 3.63) is 96.2 Å². The summed E-state index contributed by atoms with van der Waals surface area (Å²) in [4.78, 5) is 4.65. The molecule has 0 amide bonds. The maximum absolute atomic E-state index is 12.1. The fourth-order valence-electron chi connectivity index (χ4n) is 3.85. The fraction of sp³-hybridized carbons (Fsp3) is 0.0385. The third-order valence-electron chi connectivity index (χ3n) is 5.44. The topological polar surface area (TPSA) is 61.2 Å². The average Bonchev–Trinajstić information content (AvgIpc) is 3.16. The van der Waals surface area contributed by atoms with Gasteiger partial charge in [-0.1, -0.05) is 54.6 Å². The van der Waals surface area contributed by atoms with Crippen LogP contribution < -0.4 is 4.74 Å². The summed E-state index contributed by atoms with van der Waals surface area (Å²) in [6.45, 7) is 0. The molecule has 158 valence electrons. The highest BCUT2D eigenvalue weighted by atomic mass is 32.2. The molecule has 5 rings (SSSR count). The van der Waals surface area contributed by atoms with Crippen LogP contribution >= 0.6 is 0 Å². The normalized spacial score (nSPS) is 11.7. The summed E-state index contributed by atoms with van der Waals surface area (Å²) >= 11 is 0. The summed E-state index contributed by atoms with van der Waals surface area (Å²) < 4.78 is 30.8. The number of benzene rings is 3. The number of ether oxygens (including phenoxy) is 1. The summed E-state index contributed by atoms with van der Waals surface area (Å²) in [6, 6.07) is 27.3. The van der Waals surface area contributed by atoms with Gasteiger partial charge in [0.1, 0.15) is 5.75 Å². The summed E-state index contributed by atoms with van der Waals surface area (Å²) in [5.41, 5.74) is 4.80. The summed E-state index contributed by atoms with van der Waals surface area (Å²) in [6.07, 6.45) is 3.84. The lowest BCUT2D eigenvalue weighted by Crippen LogP contribution is -1.97. The van der Waals surface area contributed by atoms with E-state index in [0.717, 1.165) is 33.2 Å². The predicted molar refractivity (Wildman–Crippen MR) is 130 cm³/mol. The van der Waals surface area contributed by atoms with Gasteiger partial charge in [-0.2, -0.15) is 0 Å². The first kappa shape index (κ1) is 20.0. The highest BCUT2D eigenvalue weighted by Gasteiger charge is 2.15. The first-order valence-electron chi connectivity index (χ1n) is 10.1. The van der Waals surface area contributed by atoms with Crippen molar-refractivity contribution in [3.8, 4) is 16.9 Å². The number of thiol groups is 1. The van der Waals surface area contributed by atoms with Crippen LogP contribution in [0.25, 0.3) is 45.2 Å². The Bertz CT molecular complexity index is 1530. The molecule has 0 aliphatic carbocycles. The lowest BCUT2D eigenvalue weighted by molar-refractivity contribution is 0.415. The van der Waals surface area contributed by atoms with Crippen LogP contribution in [0.4, 0.5) is 0 Å². The average molecular weight is 441 g/mol. The van der Waals surface area contributed by atoms with Crippen LogP contribution in [0.3, 0.4) is 0 Å². The lowest BCUT2D eigenvalue weighted by Gasteiger charge is -2.04. The van der Waals surface area contributed by atoms with Crippen LogP contribution in [0.5, 0.6) is 5.75 Å². The molecule has 2 aromatic heterocycles. The molecule has 0 unspecified atom stereocenters. The van der Waals surface area contributed by atoms with Crippen molar-refractivity contribution in [2.45, 2.75) is 0 Å². The standard InChI is InChI=1S/C26H20N2O3S/c1-31-22-13-8-19(9-14-22)20-10-16-25-24(17-20)23-15-12-21(27-26(23)28(25)32(29)30)11-7-18-5-3-2-4-6-18/h2-17,32H,1H3/b11-7+. The number of hydrogen-bond acceptors (Lipinski definition) is 4. The predicted octanol–water partition coefficient (Wildman–Crippen LogP) is 5.41. The van der Waals surface area contributed by atoms with Crippen molar-refractivity contribution < 1.29 is 13.2 Å². The van der Waals surface area contributed by atoms with Gasteiger partial charge >= 0.3 is 0 Å². The maximum atomic E-state index is 12.1. The van der Waals surface area contributed by atoms with Crippen molar-refractivity contribution in [2.24, 2.45) is 0 Å². The van der Waals surface area contributed by atoms with Crippen LogP contribution in [0.15, 0.2) is 84.9 Å². The van der Waals surface area contributed by atoms with Gasteiger partial charge in [0.25, 0.3) is 0 Å². The number of pyridine rings is 1. The fourth-order valence-corrected chi connectivity index (χ4v) is 4.51. The van der Waals surface area contributed by atoms with Crippen molar-refractivity contribution in [1.29, 1.82) is 0 Å². The van der Waals surface area contributed by atoms with E-state index in [2.05, 4.69) is 4.98 Å². The molecule has 32 heavy (non-hydrogen) atoms. The molecule has 0 aliphatic rings. The van der Waals surface area contributed by atoms with Crippen molar-refractivity contribution in [2.75, 3.05) is 7.11 Å².